The molecule has 1 aromatic heterocycles. The van der Waals surface area contributed by atoms with Crippen molar-refractivity contribution in [2.24, 2.45) is 0 Å². The van der Waals surface area contributed by atoms with Gasteiger partial charge in [0.25, 0.3) is 0 Å². The molecule has 100 valence electrons. The van der Waals surface area contributed by atoms with E-state index in [2.05, 4.69) is 21.2 Å². The molecule has 0 aliphatic carbocycles. The highest BCUT2D eigenvalue weighted by molar-refractivity contribution is 7.11. The number of rotatable bonds is 2. The zero-order chi connectivity index (χ0) is 13.1. The molecule has 2 N–H and O–H groups in total. The molecule has 7 heteroatoms. The van der Waals surface area contributed by atoms with E-state index in [1.54, 1.807) is 0 Å². The SMILES string of the molecule is COC(=O)c1c(N)nsc1N1CCCN(C)CC1. The number of ether oxygens (including phenoxy) is 1. The van der Waals surface area contributed by atoms with Crippen molar-refractivity contribution in [2.75, 3.05) is 51.0 Å². The molecule has 0 saturated carbocycles. The fourth-order valence-electron chi connectivity index (χ4n) is 2.05. The van der Waals surface area contributed by atoms with Crippen LogP contribution in [0.2, 0.25) is 0 Å². The van der Waals surface area contributed by atoms with Gasteiger partial charge in [-0.2, -0.15) is 4.37 Å². The molecule has 0 amide bonds. The predicted molar refractivity (Wildman–Crippen MR) is 72.2 cm³/mol. The number of esters is 1. The molecule has 0 unspecified atom stereocenters. The van der Waals surface area contributed by atoms with Crippen molar-refractivity contribution in [3.8, 4) is 0 Å². The minimum atomic E-state index is -0.408. The summed E-state index contributed by atoms with van der Waals surface area (Å²) < 4.78 is 8.84. The highest BCUT2D eigenvalue weighted by Crippen LogP contribution is 2.31. The van der Waals surface area contributed by atoms with Crippen LogP contribution in [-0.2, 0) is 4.74 Å². The number of carbonyl (C=O) groups excluding carboxylic acids is 1. The predicted octanol–water partition coefficient (Wildman–Crippen LogP) is 0.654. The quantitative estimate of drug-likeness (QED) is 0.796. The van der Waals surface area contributed by atoms with Crippen molar-refractivity contribution in [2.45, 2.75) is 6.42 Å². The Morgan fingerprint density at radius 1 is 1.39 bits per heavy atom. The summed E-state index contributed by atoms with van der Waals surface area (Å²) >= 11 is 1.27. The lowest BCUT2D eigenvalue weighted by molar-refractivity contribution is 0.0603. The number of aromatic nitrogens is 1. The van der Waals surface area contributed by atoms with Gasteiger partial charge in [-0.15, -0.1) is 0 Å². The van der Waals surface area contributed by atoms with Crippen LogP contribution in [0.5, 0.6) is 0 Å². The lowest BCUT2D eigenvalue weighted by Crippen LogP contribution is -2.29. The number of likely N-dealkylation sites (N-methyl/N-ethyl adjacent to an activating group) is 1. The third-order valence-electron chi connectivity index (χ3n) is 3.10. The van der Waals surface area contributed by atoms with Crippen LogP contribution in [0.4, 0.5) is 10.8 Å². The first kappa shape index (κ1) is 13.1. The van der Waals surface area contributed by atoms with Gasteiger partial charge in [-0.05, 0) is 31.5 Å². The van der Waals surface area contributed by atoms with E-state index in [4.69, 9.17) is 10.5 Å². The number of anilines is 2. The maximum absolute atomic E-state index is 11.7. The molecular formula is C11H18N4O2S. The van der Waals surface area contributed by atoms with E-state index < -0.39 is 5.97 Å². The Kier molecular flexibility index (Phi) is 4.03. The first-order valence-corrected chi connectivity index (χ1v) is 6.67. The van der Waals surface area contributed by atoms with Gasteiger partial charge in [0.15, 0.2) is 5.82 Å². The van der Waals surface area contributed by atoms with Gasteiger partial charge in [0.05, 0.1) is 7.11 Å². The van der Waals surface area contributed by atoms with Crippen LogP contribution in [-0.4, -0.2) is 55.6 Å². The molecule has 2 heterocycles. The van der Waals surface area contributed by atoms with Gasteiger partial charge in [-0.25, -0.2) is 4.79 Å². The fourth-order valence-corrected chi connectivity index (χ4v) is 2.91. The second kappa shape index (κ2) is 5.53. The molecule has 0 atom stereocenters. The molecule has 0 aromatic carbocycles. The Morgan fingerprint density at radius 3 is 2.89 bits per heavy atom. The number of carbonyl (C=O) groups is 1. The summed E-state index contributed by atoms with van der Waals surface area (Å²) in [6.45, 7) is 3.83. The molecule has 2 rings (SSSR count). The number of nitrogen functional groups attached to an aromatic ring is 1. The van der Waals surface area contributed by atoms with Crippen LogP contribution >= 0.6 is 11.5 Å². The molecule has 0 radical (unpaired) electrons. The Hall–Kier alpha value is -1.34. The number of hydrogen-bond acceptors (Lipinski definition) is 7. The second-order valence-corrected chi connectivity index (χ2v) is 5.14. The van der Waals surface area contributed by atoms with Crippen LogP contribution in [0.25, 0.3) is 0 Å². The minimum Gasteiger partial charge on any atom is -0.465 e. The molecule has 1 aromatic rings. The van der Waals surface area contributed by atoms with Crippen molar-refractivity contribution in [1.82, 2.24) is 9.27 Å². The van der Waals surface area contributed by atoms with E-state index in [9.17, 15) is 4.79 Å². The second-order valence-electron chi connectivity index (χ2n) is 4.38. The number of methoxy groups -OCH3 is 1. The maximum atomic E-state index is 11.7. The van der Waals surface area contributed by atoms with Crippen molar-refractivity contribution < 1.29 is 9.53 Å². The summed E-state index contributed by atoms with van der Waals surface area (Å²) in [7, 11) is 3.46. The Labute approximate surface area is 110 Å². The third-order valence-corrected chi connectivity index (χ3v) is 4.02. The molecule has 18 heavy (non-hydrogen) atoms. The van der Waals surface area contributed by atoms with Gasteiger partial charge in [-0.1, -0.05) is 0 Å². The normalized spacial score (nSPS) is 17.6. The first-order chi connectivity index (χ1) is 8.63. The van der Waals surface area contributed by atoms with E-state index >= 15 is 0 Å². The van der Waals surface area contributed by atoms with Gasteiger partial charge < -0.3 is 20.3 Å². The largest absolute Gasteiger partial charge is 0.465 e. The average molecular weight is 270 g/mol. The smallest absolute Gasteiger partial charge is 0.344 e. The van der Waals surface area contributed by atoms with Crippen LogP contribution in [0, 0.1) is 0 Å². The highest BCUT2D eigenvalue weighted by atomic mass is 32.1. The summed E-state index contributed by atoms with van der Waals surface area (Å²) in [5, 5.41) is 0.828. The van der Waals surface area contributed by atoms with Gasteiger partial charge in [0, 0.05) is 19.6 Å². The number of nitrogens with two attached hydrogens (primary N) is 1. The van der Waals surface area contributed by atoms with Crippen molar-refractivity contribution >= 4 is 28.3 Å². The van der Waals surface area contributed by atoms with Crippen molar-refractivity contribution in [3.05, 3.63) is 5.56 Å². The zero-order valence-corrected chi connectivity index (χ0v) is 11.5. The Bertz CT molecular complexity index is 435. The molecule has 1 aliphatic rings. The standard InChI is InChI=1S/C11H18N4O2S/c1-14-4-3-5-15(7-6-14)10-8(11(16)17-2)9(12)13-18-10/h3-7H2,1-2H3,(H2,12,13). The van der Waals surface area contributed by atoms with Crippen LogP contribution < -0.4 is 10.6 Å². The van der Waals surface area contributed by atoms with Gasteiger partial charge in [-0.3, -0.25) is 0 Å². The lowest BCUT2D eigenvalue weighted by Gasteiger charge is -2.21. The van der Waals surface area contributed by atoms with E-state index in [-0.39, 0.29) is 5.82 Å². The first-order valence-electron chi connectivity index (χ1n) is 5.90. The van der Waals surface area contributed by atoms with Gasteiger partial charge >= 0.3 is 5.97 Å². The number of hydrogen-bond donors (Lipinski definition) is 1. The van der Waals surface area contributed by atoms with E-state index in [1.807, 2.05) is 0 Å². The Balaban J connectivity index is 2.24. The molecule has 0 bridgehead atoms. The summed E-state index contributed by atoms with van der Waals surface area (Å²) in [6.07, 6.45) is 1.06. The summed E-state index contributed by atoms with van der Waals surface area (Å²) in [5.74, 6) is -0.145. The van der Waals surface area contributed by atoms with E-state index in [1.165, 1.54) is 18.6 Å². The molecular weight excluding hydrogens is 252 g/mol. The summed E-state index contributed by atoms with van der Waals surface area (Å²) in [5.41, 5.74) is 6.16. The highest BCUT2D eigenvalue weighted by Gasteiger charge is 2.25. The average Bonchev–Trinajstić information content (AvgIpc) is 2.60. The maximum Gasteiger partial charge on any atom is 0.344 e. The monoisotopic (exact) mass is 270 g/mol. The zero-order valence-electron chi connectivity index (χ0n) is 10.7. The van der Waals surface area contributed by atoms with Crippen LogP contribution in [0.1, 0.15) is 16.8 Å². The Morgan fingerprint density at radius 2 is 2.17 bits per heavy atom. The fraction of sp³-hybridized carbons (Fsp3) is 0.636. The van der Waals surface area contributed by atoms with E-state index in [0.717, 1.165) is 37.6 Å². The lowest BCUT2D eigenvalue weighted by atomic mass is 10.3. The van der Waals surface area contributed by atoms with Gasteiger partial charge in [0.2, 0.25) is 0 Å². The molecule has 0 spiro atoms. The van der Waals surface area contributed by atoms with Crippen LogP contribution in [0.15, 0.2) is 0 Å². The van der Waals surface area contributed by atoms with Crippen molar-refractivity contribution in [1.29, 1.82) is 0 Å². The summed E-state index contributed by atoms with van der Waals surface area (Å²) in [6, 6.07) is 0. The third kappa shape index (κ3) is 2.56. The molecule has 1 fully saturated rings. The summed E-state index contributed by atoms with van der Waals surface area (Å²) in [4.78, 5) is 16.2. The number of nitrogens with zero attached hydrogens (tertiary/aromatic N) is 3. The minimum absolute atomic E-state index is 0.263. The van der Waals surface area contributed by atoms with Gasteiger partial charge in [0.1, 0.15) is 10.6 Å². The van der Waals surface area contributed by atoms with E-state index in [0.29, 0.717) is 5.56 Å². The molecule has 1 aliphatic heterocycles. The molecule has 6 nitrogen and oxygen atoms in total. The topological polar surface area (TPSA) is 71.7 Å². The van der Waals surface area contributed by atoms with Crippen molar-refractivity contribution in [3.63, 3.8) is 0 Å². The van der Waals surface area contributed by atoms with Crippen LogP contribution in [0.3, 0.4) is 0 Å². The molecule has 1 saturated heterocycles.